The molecule has 0 bridgehead atoms. The minimum absolute atomic E-state index is 0.00258. The molecule has 18 atom stereocenters. The molecule has 18 unspecified atom stereocenters. The second kappa shape index (κ2) is 12.2. The van der Waals surface area contributed by atoms with Gasteiger partial charge in [-0.2, -0.15) is 0 Å². The van der Waals surface area contributed by atoms with E-state index in [0.29, 0.717) is 85.8 Å². The van der Waals surface area contributed by atoms with Crippen molar-refractivity contribution >= 4 is 5.97 Å². The lowest BCUT2D eigenvalue weighted by molar-refractivity contribution is -0.151. The summed E-state index contributed by atoms with van der Waals surface area (Å²) in [6.45, 7) is 0.594. The summed E-state index contributed by atoms with van der Waals surface area (Å²) in [5.41, 5.74) is 0. The van der Waals surface area contributed by atoms with Crippen molar-refractivity contribution in [2.45, 2.75) is 189 Å². The molecule has 6 aliphatic heterocycles. The number of carbonyl (C=O) groups excluding carboxylic acids is 1. The quantitative estimate of drug-likeness (QED) is 0.270. The first kappa shape index (κ1) is 30.1. The molecule has 6 heterocycles. The summed E-state index contributed by atoms with van der Waals surface area (Å²) < 4.78 is 38.9. The Kier molecular flexibility index (Phi) is 8.00. The van der Waals surface area contributed by atoms with E-state index in [1.165, 1.54) is 77.0 Å². The van der Waals surface area contributed by atoms with Crippen LogP contribution in [0.2, 0.25) is 0 Å². The van der Waals surface area contributed by atoms with Crippen LogP contribution in [-0.2, 0) is 38.0 Å². The molecule has 256 valence electrons. The fourth-order valence-corrected chi connectivity index (χ4v) is 11.0. The van der Waals surface area contributed by atoms with E-state index < -0.39 is 0 Å². The van der Waals surface area contributed by atoms with Crippen molar-refractivity contribution in [1.29, 1.82) is 0 Å². The molecule has 0 spiro atoms. The van der Waals surface area contributed by atoms with Crippen LogP contribution in [0.5, 0.6) is 0 Å². The van der Waals surface area contributed by atoms with Gasteiger partial charge in [0.25, 0.3) is 0 Å². The third-order valence-electron chi connectivity index (χ3n) is 14.4. The number of ether oxygens (including phenoxy) is 7. The van der Waals surface area contributed by atoms with Crippen LogP contribution in [0.15, 0.2) is 0 Å². The molecule has 0 aromatic carbocycles. The van der Waals surface area contributed by atoms with E-state index in [1.807, 2.05) is 0 Å². The Labute approximate surface area is 274 Å². The Bertz CT molecular complexity index is 1030. The van der Waals surface area contributed by atoms with Gasteiger partial charge in [0, 0.05) is 0 Å². The first-order valence-corrected chi connectivity index (χ1v) is 19.7. The van der Waals surface area contributed by atoms with Gasteiger partial charge in [0.1, 0.15) is 0 Å². The molecule has 46 heavy (non-hydrogen) atoms. The van der Waals surface area contributed by atoms with E-state index >= 15 is 0 Å². The third kappa shape index (κ3) is 6.83. The van der Waals surface area contributed by atoms with Gasteiger partial charge in [0.05, 0.1) is 85.8 Å². The van der Waals surface area contributed by atoms with E-state index in [0.717, 1.165) is 62.2 Å². The fourth-order valence-electron chi connectivity index (χ4n) is 11.0. The fraction of sp³-hybridized carbons (Fsp3) is 0.974. The molecule has 6 aliphatic carbocycles. The van der Waals surface area contributed by atoms with E-state index in [9.17, 15) is 4.79 Å². The second-order valence-corrected chi connectivity index (χ2v) is 17.4. The maximum atomic E-state index is 12.0. The molecule has 12 rings (SSSR count). The summed E-state index contributed by atoms with van der Waals surface area (Å²) in [5, 5.41) is 0. The lowest BCUT2D eigenvalue weighted by Crippen LogP contribution is -2.27. The SMILES string of the molecule is C1CC2OC2CC1C1CCC2OC2C1.C1CC2OC2CC1C1CCC2OC2C1.O=C(OCC1CCC2OC2C1)C1CCC2OC2C1. The first-order valence-electron chi connectivity index (χ1n) is 19.7. The molecule has 0 amide bonds. The lowest BCUT2D eigenvalue weighted by Gasteiger charge is -2.30. The minimum atomic E-state index is 0.00258. The van der Waals surface area contributed by atoms with Gasteiger partial charge in [0.2, 0.25) is 0 Å². The van der Waals surface area contributed by atoms with Crippen molar-refractivity contribution in [2.24, 2.45) is 35.5 Å². The average molecular weight is 641 g/mol. The summed E-state index contributed by atoms with van der Waals surface area (Å²) in [4.78, 5) is 12.0. The van der Waals surface area contributed by atoms with Crippen molar-refractivity contribution in [2.75, 3.05) is 6.61 Å². The van der Waals surface area contributed by atoms with E-state index in [-0.39, 0.29) is 11.9 Å². The topological polar surface area (TPSA) is 101 Å². The molecular formula is C38H56O8. The molecule has 12 fully saturated rings. The highest BCUT2D eigenvalue weighted by atomic mass is 16.6. The molecule has 0 aromatic rings. The molecular weight excluding hydrogens is 584 g/mol. The largest absolute Gasteiger partial charge is 0.465 e. The van der Waals surface area contributed by atoms with Crippen LogP contribution in [0.25, 0.3) is 0 Å². The predicted molar refractivity (Wildman–Crippen MR) is 167 cm³/mol. The van der Waals surface area contributed by atoms with Gasteiger partial charge in [-0.25, -0.2) is 0 Å². The molecule has 8 nitrogen and oxygen atoms in total. The van der Waals surface area contributed by atoms with Crippen LogP contribution in [0.3, 0.4) is 0 Å². The van der Waals surface area contributed by atoms with Crippen LogP contribution in [-0.4, -0.2) is 85.8 Å². The van der Waals surface area contributed by atoms with Crippen LogP contribution in [0.1, 0.15) is 116 Å². The molecule has 0 radical (unpaired) electrons. The monoisotopic (exact) mass is 640 g/mol. The van der Waals surface area contributed by atoms with Gasteiger partial charge < -0.3 is 33.2 Å². The van der Waals surface area contributed by atoms with Crippen molar-refractivity contribution < 1.29 is 38.0 Å². The highest BCUT2D eigenvalue weighted by Gasteiger charge is 2.52. The van der Waals surface area contributed by atoms with E-state index in [2.05, 4.69) is 0 Å². The number of hydrogen-bond acceptors (Lipinski definition) is 8. The normalized spacial score (nSPS) is 55.7. The Morgan fingerprint density at radius 2 is 0.739 bits per heavy atom. The zero-order valence-electron chi connectivity index (χ0n) is 27.6. The average Bonchev–Trinajstić information content (AvgIpc) is 3.89. The number of hydrogen-bond donors (Lipinski definition) is 0. The summed E-state index contributed by atoms with van der Waals surface area (Å²) in [7, 11) is 0. The summed E-state index contributed by atoms with van der Waals surface area (Å²) in [6.07, 6.45) is 29.8. The number of carbonyl (C=O) groups is 1. The van der Waals surface area contributed by atoms with Crippen molar-refractivity contribution in [3.05, 3.63) is 0 Å². The molecule has 0 N–H and O–H groups in total. The van der Waals surface area contributed by atoms with E-state index in [1.54, 1.807) is 0 Å². The Hall–Kier alpha value is -0.770. The highest BCUT2D eigenvalue weighted by molar-refractivity contribution is 5.72. The molecule has 6 saturated heterocycles. The molecule has 0 aromatic heterocycles. The van der Waals surface area contributed by atoms with Gasteiger partial charge in [-0.05, 0) is 145 Å². The van der Waals surface area contributed by atoms with Crippen LogP contribution >= 0.6 is 0 Å². The minimum Gasteiger partial charge on any atom is -0.465 e. The van der Waals surface area contributed by atoms with Gasteiger partial charge in [-0.1, -0.05) is 0 Å². The highest BCUT2D eigenvalue weighted by Crippen LogP contribution is 2.50. The predicted octanol–water partition coefficient (Wildman–Crippen LogP) is 5.91. The maximum absolute atomic E-state index is 12.0. The van der Waals surface area contributed by atoms with Gasteiger partial charge in [-0.3, -0.25) is 4.79 Å². The summed E-state index contributed by atoms with van der Waals surface area (Å²) in [5.74, 6) is 4.46. The van der Waals surface area contributed by atoms with Crippen molar-refractivity contribution in [3.8, 4) is 0 Å². The summed E-state index contributed by atoms with van der Waals surface area (Å²) in [6, 6.07) is 0. The number of rotatable bonds is 5. The summed E-state index contributed by atoms with van der Waals surface area (Å²) >= 11 is 0. The van der Waals surface area contributed by atoms with E-state index in [4.69, 9.17) is 33.2 Å². The smallest absolute Gasteiger partial charge is 0.309 e. The van der Waals surface area contributed by atoms with Gasteiger partial charge in [0.15, 0.2) is 0 Å². The Morgan fingerprint density at radius 3 is 1.11 bits per heavy atom. The number of esters is 1. The van der Waals surface area contributed by atoms with Gasteiger partial charge >= 0.3 is 5.97 Å². The van der Waals surface area contributed by atoms with Crippen LogP contribution in [0.4, 0.5) is 0 Å². The molecule has 8 heteroatoms. The zero-order chi connectivity index (χ0) is 30.4. The lowest BCUT2D eigenvalue weighted by atomic mass is 9.73. The van der Waals surface area contributed by atoms with Gasteiger partial charge in [-0.15, -0.1) is 0 Å². The molecule has 6 saturated carbocycles. The number of fused-ring (bicyclic) bond motifs is 6. The molecule has 12 aliphatic rings. The maximum Gasteiger partial charge on any atom is 0.309 e. The van der Waals surface area contributed by atoms with Crippen LogP contribution < -0.4 is 0 Å². The zero-order valence-corrected chi connectivity index (χ0v) is 27.6. The van der Waals surface area contributed by atoms with Crippen molar-refractivity contribution in [1.82, 2.24) is 0 Å². The Balaban J connectivity index is 0.0000000906. The standard InChI is InChI=1S/C14H20O4.2C12H18O2/c15-14(9-2-4-11-13(6-9)18-11)16-7-8-1-3-10-12(5-8)17-10;2*1-3-9-11(13-9)5-7(1)8-2-4-10-12(6-8)14-10/h8-13H,1-7H2;2*7-12H,1-6H2. The second-order valence-electron chi connectivity index (χ2n) is 17.4. The Morgan fingerprint density at radius 1 is 0.391 bits per heavy atom. The first-order chi connectivity index (χ1) is 22.6. The third-order valence-corrected chi connectivity index (χ3v) is 14.4. The number of epoxide rings is 6. The van der Waals surface area contributed by atoms with Crippen LogP contribution in [0, 0.1) is 35.5 Å². The van der Waals surface area contributed by atoms with Crippen molar-refractivity contribution in [3.63, 3.8) is 0 Å².